The van der Waals surface area contributed by atoms with Gasteiger partial charge in [0.25, 0.3) is 0 Å². The largest absolute Gasteiger partial charge is 0.290 e. The Labute approximate surface area is 154 Å². The first kappa shape index (κ1) is 18.4. The van der Waals surface area contributed by atoms with Crippen LogP contribution in [0.25, 0.3) is 0 Å². The van der Waals surface area contributed by atoms with Crippen LogP contribution < -0.4 is 4.72 Å². The monoisotopic (exact) mass is 379 g/mol. The van der Waals surface area contributed by atoms with Crippen molar-refractivity contribution >= 4 is 28.1 Å². The molecule has 0 bridgehead atoms. The zero-order chi connectivity index (χ0) is 18.2. The first-order valence-corrected chi connectivity index (χ1v) is 10.3. The van der Waals surface area contributed by atoms with Gasteiger partial charge < -0.3 is 0 Å². The highest BCUT2D eigenvalue weighted by molar-refractivity contribution is 7.84. The molecule has 6 heteroatoms. The molecule has 0 aliphatic heterocycles. The molecule has 0 radical (unpaired) electrons. The van der Waals surface area contributed by atoms with Crippen LogP contribution >= 0.6 is 11.3 Å². The minimum absolute atomic E-state index is 0.0905. The Kier molecular flexibility index (Phi) is 4.97. The van der Waals surface area contributed by atoms with Gasteiger partial charge >= 0.3 is 0 Å². The predicted octanol–water partition coefficient (Wildman–Crippen LogP) is 4.38. The highest BCUT2D eigenvalue weighted by Crippen LogP contribution is 2.42. The van der Waals surface area contributed by atoms with Gasteiger partial charge in [-0.3, -0.25) is 4.79 Å². The molecule has 1 aliphatic rings. The van der Waals surface area contributed by atoms with E-state index in [9.17, 15) is 9.00 Å². The molecule has 1 aromatic carbocycles. The molecular weight excluding hydrogens is 357 g/mol. The average molecular weight is 380 g/mol. The zero-order valence-corrected chi connectivity index (χ0v) is 16.2. The number of hydrogen-bond acceptors (Lipinski definition) is 3. The SMILES string of the molecule is CC(C)(C)S(=O)N[C@H](c1ccccc1)[C@]1(F)CCc2sccc2C1=O. The van der Waals surface area contributed by atoms with Crippen LogP contribution in [-0.4, -0.2) is 20.4 Å². The van der Waals surface area contributed by atoms with E-state index in [4.69, 9.17) is 0 Å². The van der Waals surface area contributed by atoms with E-state index in [2.05, 4.69) is 4.72 Å². The van der Waals surface area contributed by atoms with Gasteiger partial charge in [0.1, 0.15) is 0 Å². The van der Waals surface area contributed by atoms with Crippen molar-refractivity contribution in [3.8, 4) is 0 Å². The topological polar surface area (TPSA) is 46.2 Å². The van der Waals surface area contributed by atoms with Crippen LogP contribution in [0, 0.1) is 0 Å². The average Bonchev–Trinajstić information content (AvgIpc) is 3.05. The third-order valence-corrected chi connectivity index (χ3v) is 7.00. The third kappa shape index (κ3) is 3.48. The van der Waals surface area contributed by atoms with Crippen molar-refractivity contribution in [2.75, 3.05) is 0 Å². The second-order valence-corrected chi connectivity index (χ2v) is 10.3. The molecule has 3 nitrogen and oxygen atoms in total. The molecule has 0 amide bonds. The van der Waals surface area contributed by atoms with Crippen LogP contribution in [-0.2, 0) is 17.4 Å². The standard InChI is InChI=1S/C19H22FNO2S2/c1-18(2,3)25(23)21-16(13-7-5-4-6-8-13)19(20)11-9-15-14(17(19)22)10-12-24-15/h4-8,10,12,16,21H,9,11H2,1-3H3/t16-,19-,25?/m1/s1. The Morgan fingerprint density at radius 2 is 1.92 bits per heavy atom. The molecule has 1 aromatic heterocycles. The Bertz CT molecular complexity index is 797. The Morgan fingerprint density at radius 1 is 1.24 bits per heavy atom. The maximum Gasteiger partial charge on any atom is 0.203 e. The van der Waals surface area contributed by atoms with Crippen molar-refractivity contribution in [2.45, 2.75) is 50.1 Å². The van der Waals surface area contributed by atoms with Crippen LogP contribution in [0.5, 0.6) is 0 Å². The normalized spacial score (nSPS) is 23.1. The van der Waals surface area contributed by atoms with Crippen molar-refractivity contribution in [3.05, 3.63) is 57.8 Å². The van der Waals surface area contributed by atoms with Gasteiger partial charge in [0.05, 0.1) is 21.8 Å². The molecule has 1 aliphatic carbocycles. The van der Waals surface area contributed by atoms with Crippen molar-refractivity contribution < 1.29 is 13.4 Å². The van der Waals surface area contributed by atoms with E-state index in [1.165, 1.54) is 11.3 Å². The number of Topliss-reactive ketones (excluding diaryl/α,β-unsaturated/α-hetero) is 1. The van der Waals surface area contributed by atoms with Crippen LogP contribution in [0.1, 0.15) is 54.0 Å². The molecule has 25 heavy (non-hydrogen) atoms. The fraction of sp³-hybridized carbons (Fsp3) is 0.421. The maximum atomic E-state index is 16.1. The van der Waals surface area contributed by atoms with E-state index >= 15 is 4.39 Å². The van der Waals surface area contributed by atoms with Gasteiger partial charge in [0.2, 0.25) is 5.78 Å². The fourth-order valence-corrected chi connectivity index (χ4v) is 4.77. The molecule has 3 atom stereocenters. The van der Waals surface area contributed by atoms with Gasteiger partial charge in [0, 0.05) is 10.4 Å². The van der Waals surface area contributed by atoms with Crippen molar-refractivity contribution in [3.63, 3.8) is 0 Å². The maximum absolute atomic E-state index is 16.1. The van der Waals surface area contributed by atoms with E-state index in [0.29, 0.717) is 17.5 Å². The van der Waals surface area contributed by atoms with E-state index in [1.54, 1.807) is 30.3 Å². The smallest absolute Gasteiger partial charge is 0.203 e. The first-order valence-electron chi connectivity index (χ1n) is 8.26. The lowest BCUT2D eigenvalue weighted by Gasteiger charge is -2.37. The van der Waals surface area contributed by atoms with Crippen molar-refractivity contribution in [1.29, 1.82) is 0 Å². The van der Waals surface area contributed by atoms with E-state index in [0.717, 1.165) is 4.88 Å². The summed E-state index contributed by atoms with van der Waals surface area (Å²) in [6, 6.07) is 9.73. The van der Waals surface area contributed by atoms with Gasteiger partial charge in [-0.15, -0.1) is 11.3 Å². The summed E-state index contributed by atoms with van der Waals surface area (Å²) in [5.41, 5.74) is -1.02. The number of aryl methyl sites for hydroxylation is 1. The number of hydrogen-bond donors (Lipinski definition) is 1. The number of fused-ring (bicyclic) bond motifs is 1. The van der Waals surface area contributed by atoms with Crippen LogP contribution in [0.4, 0.5) is 4.39 Å². The summed E-state index contributed by atoms with van der Waals surface area (Å²) in [6.07, 6.45) is 0.607. The molecule has 0 saturated heterocycles. The van der Waals surface area contributed by atoms with Gasteiger partial charge in [-0.25, -0.2) is 13.3 Å². The zero-order valence-electron chi connectivity index (χ0n) is 14.5. The predicted molar refractivity (Wildman–Crippen MR) is 101 cm³/mol. The molecule has 0 fully saturated rings. The lowest BCUT2D eigenvalue weighted by molar-refractivity contribution is 0.0536. The lowest BCUT2D eigenvalue weighted by atomic mass is 9.77. The molecule has 3 rings (SSSR count). The molecule has 1 heterocycles. The summed E-state index contributed by atoms with van der Waals surface area (Å²) in [7, 11) is -1.50. The third-order valence-electron chi connectivity index (χ3n) is 4.45. The summed E-state index contributed by atoms with van der Waals surface area (Å²) in [5.74, 6) is -0.512. The summed E-state index contributed by atoms with van der Waals surface area (Å²) >= 11 is 1.49. The van der Waals surface area contributed by atoms with Crippen LogP contribution in [0.15, 0.2) is 41.8 Å². The Hall–Kier alpha value is -1.37. The van der Waals surface area contributed by atoms with Gasteiger partial charge in [-0.05, 0) is 50.6 Å². The van der Waals surface area contributed by atoms with Crippen molar-refractivity contribution in [2.24, 2.45) is 0 Å². The highest BCUT2D eigenvalue weighted by atomic mass is 32.2. The number of halogens is 1. The number of ketones is 1. The first-order chi connectivity index (χ1) is 11.7. The molecule has 0 saturated carbocycles. The lowest BCUT2D eigenvalue weighted by Crippen LogP contribution is -2.51. The quantitative estimate of drug-likeness (QED) is 0.857. The number of benzene rings is 1. The number of rotatable bonds is 4. The number of nitrogens with one attached hydrogen (secondary N) is 1. The number of alkyl halides is 1. The second kappa shape index (κ2) is 6.74. The molecule has 0 spiro atoms. The molecule has 134 valence electrons. The van der Waals surface area contributed by atoms with E-state index in [1.807, 2.05) is 32.2 Å². The minimum atomic E-state index is -2.11. The van der Waals surface area contributed by atoms with E-state index < -0.39 is 33.2 Å². The summed E-state index contributed by atoms with van der Waals surface area (Å²) < 4.78 is 31.1. The molecule has 1 N–H and O–H groups in total. The summed E-state index contributed by atoms with van der Waals surface area (Å²) in [5, 5.41) is 1.83. The fourth-order valence-electron chi connectivity index (χ4n) is 3.00. The molecule has 1 unspecified atom stereocenters. The van der Waals surface area contributed by atoms with E-state index in [-0.39, 0.29) is 6.42 Å². The van der Waals surface area contributed by atoms with Crippen molar-refractivity contribution in [1.82, 2.24) is 4.72 Å². The minimum Gasteiger partial charge on any atom is -0.290 e. The summed E-state index contributed by atoms with van der Waals surface area (Å²) in [6.45, 7) is 5.47. The van der Waals surface area contributed by atoms with Gasteiger partial charge in [-0.1, -0.05) is 30.3 Å². The summed E-state index contributed by atoms with van der Waals surface area (Å²) in [4.78, 5) is 13.9. The van der Waals surface area contributed by atoms with Gasteiger partial charge in [0.15, 0.2) is 5.67 Å². The number of thiophene rings is 1. The highest BCUT2D eigenvalue weighted by Gasteiger charge is 2.51. The van der Waals surface area contributed by atoms with Gasteiger partial charge in [-0.2, -0.15) is 0 Å². The second-order valence-electron chi connectivity index (χ2n) is 7.29. The Morgan fingerprint density at radius 3 is 2.56 bits per heavy atom. The number of carbonyl (C=O) groups is 1. The number of carbonyl (C=O) groups excluding carboxylic acids is 1. The molecular formula is C19H22FNO2S2. The Balaban J connectivity index is 2.03. The van der Waals surface area contributed by atoms with Crippen LogP contribution in [0.2, 0.25) is 0 Å². The van der Waals surface area contributed by atoms with Crippen LogP contribution in [0.3, 0.4) is 0 Å². The molecule has 2 aromatic rings.